The Balaban J connectivity index is 2.01. The second-order valence-corrected chi connectivity index (χ2v) is 5.35. The molecule has 4 heteroatoms. The summed E-state index contributed by atoms with van der Waals surface area (Å²) in [5, 5.41) is 4.14. The molecule has 0 spiro atoms. The smallest absolute Gasteiger partial charge is 0.129 e. The van der Waals surface area contributed by atoms with E-state index in [2.05, 4.69) is 29.2 Å². The SMILES string of the molecule is Cc1nc(Cl)ccc1NC1CCN(C)C(C)C1. The number of piperidine rings is 1. The molecule has 0 amide bonds. The molecule has 94 valence electrons. The summed E-state index contributed by atoms with van der Waals surface area (Å²) in [5.41, 5.74) is 2.08. The number of hydrogen-bond donors (Lipinski definition) is 1. The number of nitrogens with one attached hydrogen (secondary N) is 1. The Morgan fingerprint density at radius 3 is 2.88 bits per heavy atom. The van der Waals surface area contributed by atoms with Gasteiger partial charge in [0.25, 0.3) is 0 Å². The molecule has 1 aliphatic rings. The van der Waals surface area contributed by atoms with Crippen LogP contribution in [-0.2, 0) is 0 Å². The van der Waals surface area contributed by atoms with Crippen molar-refractivity contribution in [3.8, 4) is 0 Å². The molecule has 1 aliphatic heterocycles. The molecule has 1 fully saturated rings. The molecular weight excluding hydrogens is 234 g/mol. The summed E-state index contributed by atoms with van der Waals surface area (Å²) in [7, 11) is 2.19. The van der Waals surface area contributed by atoms with E-state index in [1.807, 2.05) is 19.1 Å². The van der Waals surface area contributed by atoms with Gasteiger partial charge in [-0.2, -0.15) is 0 Å². The number of halogens is 1. The first kappa shape index (κ1) is 12.7. The molecule has 0 aliphatic carbocycles. The van der Waals surface area contributed by atoms with Crippen LogP contribution < -0.4 is 5.32 Å². The van der Waals surface area contributed by atoms with Crippen LogP contribution in [0.4, 0.5) is 5.69 Å². The van der Waals surface area contributed by atoms with E-state index < -0.39 is 0 Å². The first-order chi connectivity index (χ1) is 8.06. The standard InChI is InChI=1S/C13H20ClN3/c1-9-8-11(6-7-17(9)3)16-12-4-5-13(14)15-10(12)2/h4-5,9,11,16H,6-8H2,1-3H3. The molecule has 1 saturated heterocycles. The molecule has 1 aromatic heterocycles. The summed E-state index contributed by atoms with van der Waals surface area (Å²) in [6.07, 6.45) is 2.36. The second kappa shape index (κ2) is 5.23. The van der Waals surface area contributed by atoms with Crippen LogP contribution in [0.15, 0.2) is 12.1 Å². The third-order valence-electron chi connectivity index (χ3n) is 3.62. The lowest BCUT2D eigenvalue weighted by Gasteiger charge is -2.35. The number of pyridine rings is 1. The van der Waals surface area contributed by atoms with Crippen molar-refractivity contribution < 1.29 is 0 Å². The third kappa shape index (κ3) is 3.11. The van der Waals surface area contributed by atoms with Crippen LogP contribution >= 0.6 is 11.6 Å². The van der Waals surface area contributed by atoms with Gasteiger partial charge in [0.05, 0.1) is 11.4 Å². The van der Waals surface area contributed by atoms with E-state index in [0.29, 0.717) is 17.2 Å². The van der Waals surface area contributed by atoms with Gasteiger partial charge in [0, 0.05) is 18.6 Å². The maximum Gasteiger partial charge on any atom is 0.129 e. The second-order valence-electron chi connectivity index (χ2n) is 4.96. The lowest BCUT2D eigenvalue weighted by Crippen LogP contribution is -2.42. The predicted molar refractivity (Wildman–Crippen MR) is 72.7 cm³/mol. The Hall–Kier alpha value is -0.800. The van der Waals surface area contributed by atoms with Crippen molar-refractivity contribution in [3.05, 3.63) is 23.0 Å². The zero-order valence-electron chi connectivity index (χ0n) is 10.7. The highest BCUT2D eigenvalue weighted by Crippen LogP contribution is 2.22. The minimum atomic E-state index is 0.544. The Morgan fingerprint density at radius 1 is 1.47 bits per heavy atom. The van der Waals surface area contributed by atoms with E-state index in [4.69, 9.17) is 11.6 Å². The van der Waals surface area contributed by atoms with Gasteiger partial charge < -0.3 is 10.2 Å². The highest BCUT2D eigenvalue weighted by Gasteiger charge is 2.22. The van der Waals surface area contributed by atoms with Crippen LogP contribution in [0.2, 0.25) is 5.15 Å². The Morgan fingerprint density at radius 2 is 2.24 bits per heavy atom. The van der Waals surface area contributed by atoms with Crippen molar-refractivity contribution in [2.75, 3.05) is 18.9 Å². The Labute approximate surface area is 108 Å². The molecule has 0 saturated carbocycles. The number of aryl methyl sites for hydroxylation is 1. The highest BCUT2D eigenvalue weighted by molar-refractivity contribution is 6.29. The monoisotopic (exact) mass is 253 g/mol. The van der Waals surface area contributed by atoms with Crippen molar-refractivity contribution in [1.29, 1.82) is 0 Å². The highest BCUT2D eigenvalue weighted by atomic mass is 35.5. The normalized spacial score (nSPS) is 25.9. The number of hydrogen-bond acceptors (Lipinski definition) is 3. The van der Waals surface area contributed by atoms with Gasteiger partial charge in [0.15, 0.2) is 0 Å². The summed E-state index contributed by atoms with van der Waals surface area (Å²) in [6.45, 7) is 5.42. The zero-order chi connectivity index (χ0) is 12.4. The maximum atomic E-state index is 5.86. The summed E-state index contributed by atoms with van der Waals surface area (Å²) < 4.78 is 0. The van der Waals surface area contributed by atoms with E-state index in [-0.39, 0.29) is 0 Å². The quantitative estimate of drug-likeness (QED) is 0.822. The average molecular weight is 254 g/mol. The van der Waals surface area contributed by atoms with Gasteiger partial charge in [-0.15, -0.1) is 0 Å². The number of likely N-dealkylation sites (tertiary alicyclic amines) is 1. The largest absolute Gasteiger partial charge is 0.381 e. The molecule has 2 atom stereocenters. The van der Waals surface area contributed by atoms with E-state index in [0.717, 1.165) is 17.9 Å². The average Bonchev–Trinajstić information content (AvgIpc) is 2.27. The molecule has 2 heterocycles. The first-order valence-electron chi connectivity index (χ1n) is 6.16. The number of nitrogens with zero attached hydrogens (tertiary/aromatic N) is 2. The molecule has 2 unspecified atom stereocenters. The minimum Gasteiger partial charge on any atom is -0.381 e. The summed E-state index contributed by atoms with van der Waals surface area (Å²) >= 11 is 5.86. The van der Waals surface area contributed by atoms with Crippen molar-refractivity contribution >= 4 is 17.3 Å². The van der Waals surface area contributed by atoms with Gasteiger partial charge in [0.2, 0.25) is 0 Å². The molecule has 0 aromatic carbocycles. The molecule has 1 N–H and O–H groups in total. The van der Waals surface area contributed by atoms with Crippen molar-refractivity contribution in [2.45, 2.75) is 38.8 Å². The lowest BCUT2D eigenvalue weighted by atomic mass is 9.98. The van der Waals surface area contributed by atoms with E-state index >= 15 is 0 Å². The van der Waals surface area contributed by atoms with Crippen LogP contribution in [0.5, 0.6) is 0 Å². The maximum absolute atomic E-state index is 5.86. The molecule has 2 rings (SSSR count). The topological polar surface area (TPSA) is 28.2 Å². The molecular formula is C13H20ClN3. The lowest BCUT2D eigenvalue weighted by molar-refractivity contribution is 0.190. The van der Waals surface area contributed by atoms with Gasteiger partial charge in [-0.25, -0.2) is 4.98 Å². The fraction of sp³-hybridized carbons (Fsp3) is 0.615. The van der Waals surface area contributed by atoms with E-state index in [1.54, 1.807) is 0 Å². The van der Waals surface area contributed by atoms with Gasteiger partial charge in [-0.05, 0) is 45.9 Å². The van der Waals surface area contributed by atoms with E-state index in [1.165, 1.54) is 12.8 Å². The van der Waals surface area contributed by atoms with Crippen LogP contribution in [0, 0.1) is 6.92 Å². The van der Waals surface area contributed by atoms with Gasteiger partial charge >= 0.3 is 0 Å². The fourth-order valence-corrected chi connectivity index (χ4v) is 2.51. The van der Waals surface area contributed by atoms with Crippen molar-refractivity contribution in [2.24, 2.45) is 0 Å². The molecule has 0 radical (unpaired) electrons. The molecule has 0 bridgehead atoms. The summed E-state index contributed by atoms with van der Waals surface area (Å²) in [6, 6.07) is 5.05. The zero-order valence-corrected chi connectivity index (χ0v) is 11.5. The van der Waals surface area contributed by atoms with Crippen LogP contribution in [0.1, 0.15) is 25.5 Å². The number of anilines is 1. The molecule has 17 heavy (non-hydrogen) atoms. The summed E-state index contributed by atoms with van der Waals surface area (Å²) in [5.74, 6) is 0. The van der Waals surface area contributed by atoms with Crippen LogP contribution in [-0.4, -0.2) is 35.6 Å². The number of aromatic nitrogens is 1. The Kier molecular flexibility index (Phi) is 3.89. The Bertz CT molecular complexity index is 394. The van der Waals surface area contributed by atoms with Crippen LogP contribution in [0.3, 0.4) is 0 Å². The third-order valence-corrected chi connectivity index (χ3v) is 3.83. The van der Waals surface area contributed by atoms with Crippen LogP contribution in [0.25, 0.3) is 0 Å². The van der Waals surface area contributed by atoms with Gasteiger partial charge in [-0.1, -0.05) is 11.6 Å². The van der Waals surface area contributed by atoms with Crippen molar-refractivity contribution in [1.82, 2.24) is 9.88 Å². The molecule has 3 nitrogen and oxygen atoms in total. The predicted octanol–water partition coefficient (Wildman–Crippen LogP) is 2.94. The minimum absolute atomic E-state index is 0.544. The number of rotatable bonds is 2. The van der Waals surface area contributed by atoms with Gasteiger partial charge in [-0.3, -0.25) is 0 Å². The first-order valence-corrected chi connectivity index (χ1v) is 6.54. The fourth-order valence-electron chi connectivity index (χ4n) is 2.32. The van der Waals surface area contributed by atoms with Gasteiger partial charge in [0.1, 0.15) is 5.15 Å². The summed E-state index contributed by atoms with van der Waals surface area (Å²) in [4.78, 5) is 6.67. The van der Waals surface area contributed by atoms with Crippen molar-refractivity contribution in [3.63, 3.8) is 0 Å². The molecule has 1 aromatic rings. The van der Waals surface area contributed by atoms with E-state index in [9.17, 15) is 0 Å².